The lowest BCUT2D eigenvalue weighted by atomic mass is 10.2. The van der Waals surface area contributed by atoms with Crippen molar-refractivity contribution in [2.24, 2.45) is 5.10 Å². The normalized spacial score (nSPS) is 16.3. The van der Waals surface area contributed by atoms with E-state index in [1.165, 1.54) is 0 Å². The number of hydrogen-bond donors (Lipinski definition) is 1. The van der Waals surface area contributed by atoms with E-state index in [1.807, 2.05) is 36.9 Å². The summed E-state index contributed by atoms with van der Waals surface area (Å²) in [4.78, 5) is 13.2. The van der Waals surface area contributed by atoms with Gasteiger partial charge in [0.25, 0.3) is 5.91 Å². The lowest BCUT2D eigenvalue weighted by Gasteiger charge is -2.33. The smallest absolute Gasteiger partial charge is 0.260 e. The molecule has 2 aliphatic heterocycles. The second-order valence-electron chi connectivity index (χ2n) is 3.55. The molecule has 1 aromatic carbocycles. The first-order chi connectivity index (χ1) is 8.74. The number of amides is 1. The summed E-state index contributed by atoms with van der Waals surface area (Å²) in [6.45, 7) is 4.67. The van der Waals surface area contributed by atoms with E-state index in [-0.39, 0.29) is 12.5 Å². The van der Waals surface area contributed by atoms with Gasteiger partial charge in [-0.25, -0.2) is 5.43 Å². The minimum absolute atomic E-state index is 0.114. The van der Waals surface area contributed by atoms with Crippen LogP contribution in [0.25, 0.3) is 0 Å². The van der Waals surface area contributed by atoms with Crippen LogP contribution in [0.3, 0.4) is 0 Å². The van der Waals surface area contributed by atoms with Gasteiger partial charge in [0.2, 0.25) is 0 Å². The SMILES string of the molecule is CC.O=C1CN2C(=NN1)COc1ccc(Br)cc12. The van der Waals surface area contributed by atoms with Gasteiger partial charge in [-0.05, 0) is 18.2 Å². The molecule has 18 heavy (non-hydrogen) atoms. The lowest BCUT2D eigenvalue weighted by molar-refractivity contribution is -0.119. The molecule has 0 fully saturated rings. The second kappa shape index (κ2) is 5.39. The maximum absolute atomic E-state index is 11.3. The summed E-state index contributed by atoms with van der Waals surface area (Å²) in [6, 6.07) is 5.70. The summed E-state index contributed by atoms with van der Waals surface area (Å²) in [5, 5.41) is 3.96. The minimum atomic E-state index is -0.114. The summed E-state index contributed by atoms with van der Waals surface area (Å²) in [7, 11) is 0. The third-order valence-corrected chi connectivity index (χ3v) is 2.98. The third kappa shape index (κ3) is 2.33. The van der Waals surface area contributed by atoms with E-state index >= 15 is 0 Å². The van der Waals surface area contributed by atoms with Crippen molar-refractivity contribution in [3.63, 3.8) is 0 Å². The van der Waals surface area contributed by atoms with Crippen molar-refractivity contribution in [3.8, 4) is 5.75 Å². The average molecular weight is 312 g/mol. The van der Waals surface area contributed by atoms with Gasteiger partial charge < -0.3 is 9.64 Å². The van der Waals surface area contributed by atoms with Crippen LogP contribution in [0.2, 0.25) is 0 Å². The van der Waals surface area contributed by atoms with Gasteiger partial charge in [0.1, 0.15) is 18.9 Å². The van der Waals surface area contributed by atoms with Crippen LogP contribution in [0.1, 0.15) is 13.8 Å². The van der Waals surface area contributed by atoms with Crippen LogP contribution < -0.4 is 15.1 Å². The van der Waals surface area contributed by atoms with Gasteiger partial charge in [0.05, 0.1) is 5.69 Å². The molecule has 1 aromatic rings. The number of amidine groups is 1. The predicted molar refractivity (Wildman–Crippen MR) is 73.9 cm³/mol. The monoisotopic (exact) mass is 311 g/mol. The number of fused-ring (bicyclic) bond motifs is 3. The molecule has 0 radical (unpaired) electrons. The Balaban J connectivity index is 0.000000574. The van der Waals surface area contributed by atoms with Crippen molar-refractivity contribution in [1.82, 2.24) is 5.43 Å². The van der Waals surface area contributed by atoms with E-state index in [0.717, 1.165) is 21.7 Å². The molecule has 1 N–H and O–H groups in total. The number of rotatable bonds is 0. The minimum Gasteiger partial charge on any atom is -0.483 e. The third-order valence-electron chi connectivity index (χ3n) is 2.49. The van der Waals surface area contributed by atoms with Crippen LogP contribution in [0.4, 0.5) is 5.69 Å². The maximum atomic E-state index is 11.3. The number of hydrazone groups is 1. The molecular weight excluding hydrogens is 298 g/mol. The molecule has 96 valence electrons. The number of halogens is 1. The van der Waals surface area contributed by atoms with E-state index in [0.29, 0.717) is 6.61 Å². The van der Waals surface area contributed by atoms with Crippen molar-refractivity contribution < 1.29 is 9.53 Å². The molecular formula is C12H14BrN3O2. The Hall–Kier alpha value is -1.56. The molecule has 6 heteroatoms. The fourth-order valence-corrected chi connectivity index (χ4v) is 2.11. The highest BCUT2D eigenvalue weighted by atomic mass is 79.9. The van der Waals surface area contributed by atoms with Crippen molar-refractivity contribution in [2.45, 2.75) is 13.8 Å². The zero-order valence-electron chi connectivity index (χ0n) is 10.2. The van der Waals surface area contributed by atoms with E-state index < -0.39 is 0 Å². The summed E-state index contributed by atoms with van der Waals surface area (Å²) in [5.41, 5.74) is 3.31. The first-order valence-electron chi connectivity index (χ1n) is 5.79. The Morgan fingerprint density at radius 2 is 2.22 bits per heavy atom. The number of ether oxygens (including phenoxy) is 1. The van der Waals surface area contributed by atoms with Gasteiger partial charge in [-0.1, -0.05) is 29.8 Å². The van der Waals surface area contributed by atoms with Gasteiger partial charge in [-0.3, -0.25) is 4.79 Å². The topological polar surface area (TPSA) is 53.9 Å². The summed E-state index contributed by atoms with van der Waals surface area (Å²) < 4.78 is 6.48. The molecule has 1 amide bonds. The Bertz CT molecular complexity index is 502. The molecule has 3 rings (SSSR count). The summed E-state index contributed by atoms with van der Waals surface area (Å²) in [6.07, 6.45) is 0. The zero-order valence-corrected chi connectivity index (χ0v) is 11.8. The molecule has 2 aliphatic rings. The quantitative estimate of drug-likeness (QED) is 0.798. The highest BCUT2D eigenvalue weighted by Gasteiger charge is 2.28. The van der Waals surface area contributed by atoms with Gasteiger partial charge in [0.15, 0.2) is 5.84 Å². The van der Waals surface area contributed by atoms with Gasteiger partial charge in [-0.15, -0.1) is 0 Å². The Kier molecular flexibility index (Phi) is 3.86. The van der Waals surface area contributed by atoms with E-state index in [1.54, 1.807) is 0 Å². The van der Waals surface area contributed by atoms with Crippen LogP contribution in [0.5, 0.6) is 5.75 Å². The fraction of sp³-hybridized carbons (Fsp3) is 0.333. The largest absolute Gasteiger partial charge is 0.483 e. The van der Waals surface area contributed by atoms with Crippen molar-refractivity contribution >= 4 is 33.4 Å². The molecule has 0 unspecified atom stereocenters. The number of hydrogen-bond acceptors (Lipinski definition) is 4. The molecule has 0 saturated carbocycles. The Labute approximate surface area is 114 Å². The standard InChI is InChI=1S/C10H8BrN3O2.C2H6/c11-6-1-2-8-7(3-6)14-4-10(15)13-12-9(14)5-16-8;1-2/h1-3H,4-5H2,(H,13,15);1-2H3. The van der Waals surface area contributed by atoms with E-state index in [2.05, 4.69) is 26.5 Å². The Morgan fingerprint density at radius 1 is 1.44 bits per heavy atom. The number of nitrogens with one attached hydrogen (secondary N) is 1. The highest BCUT2D eigenvalue weighted by molar-refractivity contribution is 9.10. The van der Waals surface area contributed by atoms with E-state index in [4.69, 9.17) is 4.74 Å². The molecule has 0 aromatic heterocycles. The molecule has 0 saturated heterocycles. The predicted octanol–water partition coefficient (Wildman–Crippen LogP) is 2.12. The molecule has 2 heterocycles. The molecule has 0 bridgehead atoms. The van der Waals surface area contributed by atoms with Gasteiger partial charge in [0, 0.05) is 4.47 Å². The highest BCUT2D eigenvalue weighted by Crippen LogP contribution is 2.34. The van der Waals surface area contributed by atoms with E-state index in [9.17, 15) is 4.79 Å². The van der Waals surface area contributed by atoms with Crippen LogP contribution in [-0.2, 0) is 4.79 Å². The van der Waals surface area contributed by atoms with Gasteiger partial charge in [-0.2, -0.15) is 5.10 Å². The number of benzene rings is 1. The average Bonchev–Trinajstić information content (AvgIpc) is 2.41. The Morgan fingerprint density at radius 3 is 3.00 bits per heavy atom. The summed E-state index contributed by atoms with van der Waals surface area (Å²) in [5.74, 6) is 1.39. The molecule has 0 aliphatic carbocycles. The van der Waals surface area contributed by atoms with Crippen LogP contribution in [0, 0.1) is 0 Å². The van der Waals surface area contributed by atoms with Crippen molar-refractivity contribution in [1.29, 1.82) is 0 Å². The van der Waals surface area contributed by atoms with Crippen LogP contribution >= 0.6 is 15.9 Å². The lowest BCUT2D eigenvalue weighted by Crippen LogP contribution is -2.49. The van der Waals surface area contributed by atoms with Crippen molar-refractivity contribution in [3.05, 3.63) is 22.7 Å². The number of anilines is 1. The number of carbonyl (C=O) groups excluding carboxylic acids is 1. The fourth-order valence-electron chi connectivity index (χ4n) is 1.76. The van der Waals surface area contributed by atoms with Gasteiger partial charge >= 0.3 is 0 Å². The molecule has 0 atom stereocenters. The second-order valence-corrected chi connectivity index (χ2v) is 4.47. The first-order valence-corrected chi connectivity index (χ1v) is 6.58. The number of nitrogens with zero attached hydrogens (tertiary/aromatic N) is 2. The first kappa shape index (κ1) is 12.9. The summed E-state index contributed by atoms with van der Waals surface area (Å²) >= 11 is 3.40. The van der Waals surface area contributed by atoms with Crippen molar-refractivity contribution in [2.75, 3.05) is 18.1 Å². The number of carbonyl (C=O) groups is 1. The maximum Gasteiger partial charge on any atom is 0.260 e. The zero-order chi connectivity index (χ0) is 13.1. The molecule has 5 nitrogen and oxygen atoms in total. The van der Waals surface area contributed by atoms with Crippen LogP contribution in [-0.4, -0.2) is 24.9 Å². The molecule has 0 spiro atoms. The van der Waals surface area contributed by atoms with Crippen LogP contribution in [0.15, 0.2) is 27.8 Å².